The first kappa shape index (κ1) is 14.2. The van der Waals surface area contributed by atoms with Gasteiger partial charge in [-0.05, 0) is 16.3 Å². The van der Waals surface area contributed by atoms with E-state index in [1.54, 1.807) is 23.0 Å². The lowest BCUT2D eigenvalue weighted by molar-refractivity contribution is -0.00837. The van der Waals surface area contributed by atoms with Gasteiger partial charge in [-0.25, -0.2) is 4.39 Å². The van der Waals surface area contributed by atoms with E-state index in [2.05, 4.69) is 0 Å². The second-order valence-corrected chi connectivity index (χ2v) is 5.50. The lowest BCUT2D eigenvalue weighted by Gasteiger charge is -2.16. The maximum atomic E-state index is 14.3. The van der Waals surface area contributed by atoms with Crippen LogP contribution in [0.5, 0.6) is 0 Å². The summed E-state index contributed by atoms with van der Waals surface area (Å²) in [6, 6.07) is 13.5. The normalized spacial score (nSPS) is 29.9. The first-order chi connectivity index (χ1) is 9.72. The molecule has 1 aliphatic rings. The van der Waals surface area contributed by atoms with E-state index in [-0.39, 0.29) is 6.61 Å². The highest BCUT2D eigenvalue weighted by Gasteiger charge is 2.45. The van der Waals surface area contributed by atoms with E-state index < -0.39 is 24.5 Å². The number of aliphatic hydroxyl groups is 1. The van der Waals surface area contributed by atoms with Crippen LogP contribution in [0.2, 0.25) is 0 Å². The Morgan fingerprint density at radius 3 is 2.75 bits per heavy atom. The van der Waals surface area contributed by atoms with E-state index in [9.17, 15) is 9.50 Å². The summed E-state index contributed by atoms with van der Waals surface area (Å²) in [6.07, 6.45) is -4.00. The van der Waals surface area contributed by atoms with Crippen LogP contribution in [0.3, 0.4) is 0 Å². The molecular weight excluding hydrogens is 374 g/mol. The minimum Gasteiger partial charge on any atom is -0.387 e. The summed E-state index contributed by atoms with van der Waals surface area (Å²) in [5.41, 5.74) is 0.769. The first-order valence-corrected chi connectivity index (χ1v) is 7.29. The molecule has 5 heteroatoms. The van der Waals surface area contributed by atoms with Gasteiger partial charge in [-0.15, -0.1) is 0 Å². The minimum atomic E-state index is -1.45. The Morgan fingerprint density at radius 2 is 1.95 bits per heavy atom. The molecule has 0 unspecified atom stereocenters. The van der Waals surface area contributed by atoms with E-state index in [0.717, 1.165) is 16.3 Å². The molecule has 1 saturated heterocycles. The van der Waals surface area contributed by atoms with Crippen molar-refractivity contribution < 1.29 is 17.3 Å². The molecule has 1 heterocycles. The number of hydrogen-bond donors (Lipinski definition) is 1. The van der Waals surface area contributed by atoms with Gasteiger partial charge in [0.15, 0.2) is 6.17 Å². The van der Waals surface area contributed by atoms with E-state index in [1.807, 2.05) is 42.5 Å². The van der Waals surface area contributed by atoms with Crippen molar-refractivity contribution in [3.8, 4) is 0 Å². The molecule has 0 amide bonds. The number of fused-ring (bicyclic) bond motifs is 1. The van der Waals surface area contributed by atoms with Crippen LogP contribution in [0.4, 0.5) is 4.39 Å². The molecule has 3 nitrogen and oxygen atoms in total. The Bertz CT molecular complexity index is 601. The molecule has 0 spiro atoms. The van der Waals surface area contributed by atoms with Gasteiger partial charge in [0.05, 0.1) is 6.61 Å². The van der Waals surface area contributed by atoms with Crippen molar-refractivity contribution in [3.63, 3.8) is 0 Å². The van der Waals surface area contributed by atoms with Crippen molar-refractivity contribution in [3.05, 3.63) is 48.0 Å². The van der Waals surface area contributed by atoms with Gasteiger partial charge in [-0.3, -0.25) is 0 Å². The zero-order valence-electron chi connectivity index (χ0n) is 10.6. The van der Waals surface area contributed by atoms with Crippen LogP contribution in [-0.4, -0.2) is 30.1 Å². The van der Waals surface area contributed by atoms with Crippen LogP contribution in [0.1, 0.15) is 11.7 Å². The SMILES string of the molecule is O[C@H]1[C@@H](F)[C@H](c2cccc3ccccc23)O[C@@H]1COI. The quantitative estimate of drug-likeness (QED) is 0.820. The molecule has 0 aliphatic carbocycles. The smallest absolute Gasteiger partial charge is 0.159 e. The van der Waals surface area contributed by atoms with Gasteiger partial charge in [0.25, 0.3) is 0 Å². The Labute approximate surface area is 130 Å². The summed E-state index contributed by atoms with van der Waals surface area (Å²) in [5.74, 6) is 0. The van der Waals surface area contributed by atoms with Gasteiger partial charge in [0, 0.05) is 0 Å². The molecule has 0 bridgehead atoms. The Morgan fingerprint density at radius 1 is 1.20 bits per heavy atom. The van der Waals surface area contributed by atoms with Crippen LogP contribution in [0, 0.1) is 0 Å². The number of alkyl halides is 1. The summed E-state index contributed by atoms with van der Waals surface area (Å²) in [7, 11) is 0. The molecular formula is C15H14FIO3. The molecule has 3 rings (SSSR count). The molecule has 2 aromatic carbocycles. The molecule has 0 radical (unpaired) electrons. The Balaban J connectivity index is 1.99. The monoisotopic (exact) mass is 388 g/mol. The van der Waals surface area contributed by atoms with Crippen LogP contribution < -0.4 is 0 Å². The highest BCUT2D eigenvalue weighted by molar-refractivity contribution is 14.1. The fourth-order valence-electron chi connectivity index (χ4n) is 2.67. The van der Waals surface area contributed by atoms with Gasteiger partial charge in [-0.2, -0.15) is 0 Å². The molecule has 106 valence electrons. The van der Waals surface area contributed by atoms with E-state index in [0.29, 0.717) is 0 Å². The fourth-order valence-corrected chi connectivity index (χ4v) is 3.03. The number of rotatable bonds is 3. The highest BCUT2D eigenvalue weighted by atomic mass is 127. The summed E-state index contributed by atoms with van der Waals surface area (Å²) in [5, 5.41) is 11.9. The van der Waals surface area contributed by atoms with Crippen molar-refractivity contribution in [2.45, 2.75) is 24.5 Å². The van der Waals surface area contributed by atoms with Crippen LogP contribution in [-0.2, 0) is 7.80 Å². The second kappa shape index (κ2) is 5.93. The first-order valence-electron chi connectivity index (χ1n) is 6.41. The van der Waals surface area contributed by atoms with Gasteiger partial charge in [0.1, 0.15) is 41.3 Å². The van der Waals surface area contributed by atoms with E-state index in [1.165, 1.54) is 0 Å². The molecule has 20 heavy (non-hydrogen) atoms. The topological polar surface area (TPSA) is 38.7 Å². The average Bonchev–Trinajstić information content (AvgIpc) is 2.76. The zero-order chi connectivity index (χ0) is 14.1. The minimum absolute atomic E-state index is 0.170. The molecule has 0 aromatic heterocycles. The third-order valence-corrected chi connectivity index (χ3v) is 4.03. The average molecular weight is 388 g/mol. The highest BCUT2D eigenvalue weighted by Crippen LogP contribution is 2.38. The largest absolute Gasteiger partial charge is 0.387 e. The zero-order valence-corrected chi connectivity index (χ0v) is 12.7. The van der Waals surface area contributed by atoms with Gasteiger partial charge < -0.3 is 12.9 Å². The van der Waals surface area contributed by atoms with Gasteiger partial charge >= 0.3 is 0 Å². The second-order valence-electron chi connectivity index (χ2n) is 4.87. The summed E-state index contributed by atoms with van der Waals surface area (Å²) < 4.78 is 24.9. The third kappa shape index (κ3) is 2.43. The van der Waals surface area contributed by atoms with Crippen LogP contribution >= 0.6 is 23.0 Å². The summed E-state index contributed by atoms with van der Waals surface area (Å²) in [6.45, 7) is 0.170. The maximum Gasteiger partial charge on any atom is 0.159 e. The lowest BCUT2D eigenvalue weighted by Crippen LogP contribution is -2.30. The molecule has 2 aromatic rings. The predicted molar refractivity (Wildman–Crippen MR) is 82.4 cm³/mol. The maximum absolute atomic E-state index is 14.3. The van der Waals surface area contributed by atoms with Crippen LogP contribution in [0.25, 0.3) is 10.8 Å². The van der Waals surface area contributed by atoms with Gasteiger partial charge in [0.2, 0.25) is 0 Å². The number of hydrogen-bond acceptors (Lipinski definition) is 3. The molecule has 4 atom stereocenters. The third-order valence-electron chi connectivity index (χ3n) is 3.67. The summed E-state index contributed by atoms with van der Waals surface area (Å²) >= 11 is 1.72. The van der Waals surface area contributed by atoms with E-state index in [4.69, 9.17) is 7.80 Å². The lowest BCUT2D eigenvalue weighted by atomic mass is 9.97. The van der Waals surface area contributed by atoms with Crippen molar-refractivity contribution in [1.82, 2.24) is 0 Å². The van der Waals surface area contributed by atoms with Crippen LogP contribution in [0.15, 0.2) is 42.5 Å². The van der Waals surface area contributed by atoms with Gasteiger partial charge in [-0.1, -0.05) is 42.5 Å². The standard InChI is InChI=1S/C15H14FIO3/c16-13-14(18)12(8-19-17)20-15(13)11-7-3-5-9-4-1-2-6-10(9)11/h1-7,12-15,18H,8H2/t12-,13-,14-,15+/m1/s1. The Hall–Kier alpha value is -0.760. The van der Waals surface area contributed by atoms with E-state index >= 15 is 0 Å². The number of benzene rings is 2. The predicted octanol–water partition coefficient (Wildman–Crippen LogP) is 3.35. The number of aliphatic hydroxyl groups excluding tert-OH is 1. The fraction of sp³-hybridized carbons (Fsp3) is 0.333. The van der Waals surface area contributed by atoms with Crippen molar-refractivity contribution in [2.24, 2.45) is 0 Å². The molecule has 0 saturated carbocycles. The molecule has 1 fully saturated rings. The van der Waals surface area contributed by atoms with Crippen molar-refractivity contribution in [1.29, 1.82) is 0 Å². The Kier molecular flexibility index (Phi) is 4.21. The van der Waals surface area contributed by atoms with Crippen molar-refractivity contribution in [2.75, 3.05) is 6.61 Å². The van der Waals surface area contributed by atoms with Crippen molar-refractivity contribution >= 4 is 33.8 Å². The number of ether oxygens (including phenoxy) is 1. The number of halogens is 2. The molecule has 1 aliphatic heterocycles. The summed E-state index contributed by atoms with van der Waals surface area (Å²) in [4.78, 5) is 0. The molecule has 1 N–H and O–H groups in total.